The maximum atomic E-state index is 14.2. The summed E-state index contributed by atoms with van der Waals surface area (Å²) in [5.41, 5.74) is -0.195. The number of nitrogens with one attached hydrogen (secondary N) is 2. The summed E-state index contributed by atoms with van der Waals surface area (Å²) in [5, 5.41) is 8.18. The summed E-state index contributed by atoms with van der Waals surface area (Å²) in [5.74, 6) is -1.15. The van der Waals surface area contributed by atoms with Crippen LogP contribution in [-0.2, 0) is 5.41 Å². The van der Waals surface area contributed by atoms with Crippen molar-refractivity contribution in [2.45, 2.75) is 25.7 Å². The Bertz CT molecular complexity index is 730. The minimum Gasteiger partial charge on any atom is -0.337 e. The van der Waals surface area contributed by atoms with Crippen molar-refractivity contribution in [3.63, 3.8) is 0 Å². The molecule has 0 bridgehead atoms. The normalized spacial score (nSPS) is 21.7. The highest BCUT2D eigenvalue weighted by molar-refractivity contribution is 7.14. The van der Waals surface area contributed by atoms with E-state index in [1.165, 1.54) is 23.5 Å². The van der Waals surface area contributed by atoms with Gasteiger partial charge in [-0.2, -0.15) is 0 Å². The zero-order valence-electron chi connectivity index (χ0n) is 13.0. The first-order valence-corrected chi connectivity index (χ1v) is 8.26. The smallest absolute Gasteiger partial charge is 0.319 e. The Balaban J connectivity index is 1.74. The van der Waals surface area contributed by atoms with E-state index in [1.807, 2.05) is 25.3 Å². The van der Waals surface area contributed by atoms with E-state index < -0.39 is 17.0 Å². The number of anilines is 1. The summed E-state index contributed by atoms with van der Waals surface area (Å²) in [7, 11) is 0. The molecule has 1 aliphatic carbocycles. The largest absolute Gasteiger partial charge is 0.337 e. The molecule has 23 heavy (non-hydrogen) atoms. The molecule has 2 N–H and O–H groups in total. The fraction of sp³-hybridized carbons (Fsp3) is 0.353. The number of rotatable bonds is 4. The number of carbonyl (C=O) groups excluding carboxylic acids is 1. The molecule has 1 saturated carbocycles. The Kier molecular flexibility index (Phi) is 3.88. The van der Waals surface area contributed by atoms with Crippen LogP contribution in [0.3, 0.4) is 0 Å². The Hall–Kier alpha value is -1.95. The lowest BCUT2D eigenvalue weighted by atomic mass is 9.87. The van der Waals surface area contributed by atoms with Gasteiger partial charge in [-0.25, -0.2) is 13.6 Å². The average molecular weight is 336 g/mol. The second-order valence-electron chi connectivity index (χ2n) is 6.55. The van der Waals surface area contributed by atoms with Crippen LogP contribution >= 0.6 is 11.3 Å². The van der Waals surface area contributed by atoms with Gasteiger partial charge in [-0.3, -0.25) is 5.32 Å². The molecular weight excluding hydrogens is 318 g/mol. The second kappa shape index (κ2) is 5.60. The fourth-order valence-corrected chi connectivity index (χ4v) is 3.79. The topological polar surface area (TPSA) is 41.1 Å². The van der Waals surface area contributed by atoms with E-state index in [2.05, 4.69) is 10.6 Å². The minimum absolute atomic E-state index is 0.151. The van der Waals surface area contributed by atoms with Crippen molar-refractivity contribution in [3.8, 4) is 0 Å². The Morgan fingerprint density at radius 3 is 2.61 bits per heavy atom. The molecule has 1 atom stereocenters. The third-order valence-electron chi connectivity index (χ3n) is 4.67. The van der Waals surface area contributed by atoms with E-state index in [4.69, 9.17) is 0 Å². The molecule has 1 aromatic carbocycles. The predicted octanol–water partition coefficient (Wildman–Crippen LogP) is 4.52. The van der Waals surface area contributed by atoms with E-state index >= 15 is 0 Å². The first-order valence-electron chi connectivity index (χ1n) is 7.38. The number of hydrogen-bond acceptors (Lipinski definition) is 2. The number of urea groups is 1. The molecule has 1 unspecified atom stereocenters. The molecule has 0 radical (unpaired) electrons. The van der Waals surface area contributed by atoms with Crippen LogP contribution in [0.5, 0.6) is 0 Å². The standard InChI is InChI=1S/C17H18F2N2OS/c1-16(2)9-17(16,12-6-5-11(18)8-13(12)19)10-20-15(22)21-14-4-3-7-23-14/h3-8H,9-10H2,1-2H3,(H2,20,21,22). The number of hydrogen-bond donors (Lipinski definition) is 2. The SMILES string of the molecule is CC1(C)CC1(CNC(=O)Nc1cccs1)c1ccc(F)cc1F. The van der Waals surface area contributed by atoms with Crippen LogP contribution in [0.1, 0.15) is 25.8 Å². The summed E-state index contributed by atoms with van der Waals surface area (Å²) >= 11 is 1.43. The van der Waals surface area contributed by atoms with Gasteiger partial charge in [0.25, 0.3) is 0 Å². The van der Waals surface area contributed by atoms with Crippen LogP contribution in [0.2, 0.25) is 0 Å². The molecule has 2 aromatic rings. The molecule has 1 aromatic heterocycles. The molecule has 2 amide bonds. The predicted molar refractivity (Wildman–Crippen MR) is 87.8 cm³/mol. The molecule has 3 nitrogen and oxygen atoms in total. The van der Waals surface area contributed by atoms with Crippen molar-refractivity contribution in [1.29, 1.82) is 0 Å². The van der Waals surface area contributed by atoms with E-state index in [0.717, 1.165) is 17.5 Å². The highest BCUT2D eigenvalue weighted by Gasteiger charge is 2.62. The van der Waals surface area contributed by atoms with Gasteiger partial charge in [0.15, 0.2) is 0 Å². The molecule has 3 rings (SSSR count). The van der Waals surface area contributed by atoms with E-state index in [1.54, 1.807) is 6.07 Å². The molecule has 0 aliphatic heterocycles. The van der Waals surface area contributed by atoms with Gasteiger partial charge >= 0.3 is 6.03 Å². The fourth-order valence-electron chi connectivity index (χ4n) is 3.18. The summed E-state index contributed by atoms with van der Waals surface area (Å²) in [6, 6.07) is 6.98. The summed E-state index contributed by atoms with van der Waals surface area (Å²) < 4.78 is 27.3. The first kappa shape index (κ1) is 15.9. The molecule has 0 saturated heterocycles. The van der Waals surface area contributed by atoms with Crippen LogP contribution < -0.4 is 10.6 Å². The number of carbonyl (C=O) groups is 1. The van der Waals surface area contributed by atoms with Gasteiger partial charge in [-0.1, -0.05) is 19.9 Å². The minimum atomic E-state index is -0.594. The van der Waals surface area contributed by atoms with Crippen molar-refractivity contribution in [3.05, 3.63) is 52.9 Å². The van der Waals surface area contributed by atoms with E-state index in [0.29, 0.717) is 12.1 Å². The zero-order chi connectivity index (χ0) is 16.7. The molecular formula is C17H18F2N2OS. The van der Waals surface area contributed by atoms with Gasteiger partial charge in [0.1, 0.15) is 11.6 Å². The van der Waals surface area contributed by atoms with Gasteiger partial charge in [0, 0.05) is 18.0 Å². The van der Waals surface area contributed by atoms with Gasteiger partial charge in [0.2, 0.25) is 0 Å². The summed E-state index contributed by atoms with van der Waals surface area (Å²) in [6.45, 7) is 4.35. The van der Waals surface area contributed by atoms with E-state index in [9.17, 15) is 13.6 Å². The molecule has 0 spiro atoms. The molecule has 1 aliphatic rings. The number of amides is 2. The lowest BCUT2D eigenvalue weighted by Gasteiger charge is -2.22. The van der Waals surface area contributed by atoms with Crippen LogP contribution in [0.25, 0.3) is 0 Å². The van der Waals surface area contributed by atoms with Crippen molar-refractivity contribution >= 4 is 22.4 Å². The molecule has 6 heteroatoms. The van der Waals surface area contributed by atoms with Crippen LogP contribution in [0, 0.1) is 17.0 Å². The average Bonchev–Trinajstić information content (AvgIpc) is 2.83. The maximum Gasteiger partial charge on any atom is 0.319 e. The van der Waals surface area contributed by atoms with Crippen LogP contribution in [0.15, 0.2) is 35.7 Å². The van der Waals surface area contributed by atoms with Crippen LogP contribution in [-0.4, -0.2) is 12.6 Å². The lowest BCUT2D eigenvalue weighted by molar-refractivity contribution is 0.250. The van der Waals surface area contributed by atoms with Crippen LogP contribution in [0.4, 0.5) is 18.6 Å². The van der Waals surface area contributed by atoms with Crippen molar-refractivity contribution in [2.75, 3.05) is 11.9 Å². The van der Waals surface area contributed by atoms with Gasteiger partial charge in [-0.15, -0.1) is 11.3 Å². The number of halogens is 2. The number of thiophene rings is 1. The molecule has 122 valence electrons. The highest BCUT2D eigenvalue weighted by Crippen LogP contribution is 2.64. The monoisotopic (exact) mass is 336 g/mol. The third kappa shape index (κ3) is 2.95. The molecule has 1 heterocycles. The van der Waals surface area contributed by atoms with E-state index in [-0.39, 0.29) is 11.4 Å². The van der Waals surface area contributed by atoms with Crippen molar-refractivity contribution in [1.82, 2.24) is 5.32 Å². The first-order chi connectivity index (χ1) is 10.8. The van der Waals surface area contributed by atoms with Gasteiger partial charge in [-0.05, 0) is 41.0 Å². The summed E-state index contributed by atoms with van der Waals surface area (Å²) in [6.07, 6.45) is 0.738. The highest BCUT2D eigenvalue weighted by atomic mass is 32.1. The number of benzene rings is 1. The zero-order valence-corrected chi connectivity index (χ0v) is 13.8. The Labute approximate surface area is 137 Å². The van der Waals surface area contributed by atoms with Gasteiger partial charge in [0.05, 0.1) is 5.00 Å². The molecule has 1 fully saturated rings. The van der Waals surface area contributed by atoms with Crippen molar-refractivity contribution in [2.24, 2.45) is 5.41 Å². The lowest BCUT2D eigenvalue weighted by Crippen LogP contribution is -2.37. The second-order valence-corrected chi connectivity index (χ2v) is 7.50. The van der Waals surface area contributed by atoms with Gasteiger partial charge < -0.3 is 5.32 Å². The Morgan fingerprint density at radius 2 is 2.04 bits per heavy atom. The third-order valence-corrected chi connectivity index (χ3v) is 5.45. The maximum absolute atomic E-state index is 14.2. The Morgan fingerprint density at radius 1 is 1.30 bits per heavy atom. The summed E-state index contributed by atoms with van der Waals surface area (Å²) in [4.78, 5) is 12.0. The quantitative estimate of drug-likeness (QED) is 0.847. The van der Waals surface area contributed by atoms with Crippen molar-refractivity contribution < 1.29 is 13.6 Å².